The first-order chi connectivity index (χ1) is 5.43. The molecule has 0 aromatic carbocycles. The molecule has 1 saturated heterocycles. The molecule has 0 saturated carbocycles. The van der Waals surface area contributed by atoms with Gasteiger partial charge in [-0.1, -0.05) is 13.3 Å². The number of hydrogen-bond acceptors (Lipinski definition) is 2. The molecule has 1 aliphatic heterocycles. The van der Waals surface area contributed by atoms with Crippen LogP contribution in [0.1, 0.15) is 32.6 Å². The van der Waals surface area contributed by atoms with E-state index in [0.717, 1.165) is 26.2 Å². The summed E-state index contributed by atoms with van der Waals surface area (Å²) in [5.74, 6) is 0. The molecule has 0 spiro atoms. The summed E-state index contributed by atoms with van der Waals surface area (Å²) in [6.45, 7) is 4.94. The highest BCUT2D eigenvalue weighted by molar-refractivity contribution is 4.65. The fraction of sp³-hybridized carbons (Fsp3) is 1.00. The zero-order valence-corrected chi connectivity index (χ0v) is 7.34. The van der Waals surface area contributed by atoms with Crippen LogP contribution >= 0.6 is 0 Å². The summed E-state index contributed by atoms with van der Waals surface area (Å²) in [6.07, 6.45) is 5.24. The highest BCUT2D eigenvalue weighted by atomic mass is 16.5. The third kappa shape index (κ3) is 3.73. The summed E-state index contributed by atoms with van der Waals surface area (Å²) < 4.78 is 10.7. The molecule has 1 heterocycles. The monoisotopic (exact) mass is 158 g/mol. The topological polar surface area (TPSA) is 18.5 Å². The van der Waals surface area contributed by atoms with Gasteiger partial charge in [0.25, 0.3) is 0 Å². The Hall–Kier alpha value is -0.0800. The summed E-state index contributed by atoms with van der Waals surface area (Å²) in [7, 11) is 0. The second-order valence-electron chi connectivity index (χ2n) is 3.04. The summed E-state index contributed by atoms with van der Waals surface area (Å²) in [4.78, 5) is 0. The second-order valence-corrected chi connectivity index (χ2v) is 3.04. The number of unbranched alkanes of at least 4 members (excludes halogenated alkanes) is 1. The molecule has 0 unspecified atom stereocenters. The Balaban J connectivity index is 1.73. The lowest BCUT2D eigenvalue weighted by Gasteiger charge is -2.26. The number of ether oxygens (including phenoxy) is 2. The van der Waals surface area contributed by atoms with Gasteiger partial charge in [-0.15, -0.1) is 0 Å². The van der Waals surface area contributed by atoms with Gasteiger partial charge in [-0.3, -0.25) is 0 Å². The largest absolute Gasteiger partial charge is 0.381 e. The van der Waals surface area contributed by atoms with E-state index in [-0.39, 0.29) is 0 Å². The van der Waals surface area contributed by atoms with E-state index in [0.29, 0.717) is 6.10 Å². The minimum atomic E-state index is 0.511. The smallest absolute Gasteiger partial charge is 0.0619 e. The Morgan fingerprint density at radius 3 is 2.82 bits per heavy atom. The Kier molecular flexibility index (Phi) is 4.55. The van der Waals surface area contributed by atoms with E-state index < -0.39 is 0 Å². The van der Waals surface area contributed by atoms with Crippen LogP contribution in [0.15, 0.2) is 0 Å². The van der Waals surface area contributed by atoms with Crippen LogP contribution in [-0.2, 0) is 9.47 Å². The van der Waals surface area contributed by atoms with Crippen LogP contribution in [0.2, 0.25) is 0 Å². The third-order valence-corrected chi connectivity index (χ3v) is 2.02. The van der Waals surface area contributed by atoms with Gasteiger partial charge in [0.1, 0.15) is 0 Å². The van der Waals surface area contributed by atoms with Crippen LogP contribution in [0.25, 0.3) is 0 Å². The highest BCUT2D eigenvalue weighted by Crippen LogP contribution is 2.14. The molecule has 0 bridgehead atoms. The molecule has 2 nitrogen and oxygen atoms in total. The van der Waals surface area contributed by atoms with Crippen molar-refractivity contribution in [3.05, 3.63) is 0 Å². The zero-order chi connectivity index (χ0) is 7.94. The van der Waals surface area contributed by atoms with E-state index in [2.05, 4.69) is 6.92 Å². The van der Waals surface area contributed by atoms with Crippen molar-refractivity contribution in [3.8, 4) is 0 Å². The first kappa shape index (κ1) is 9.01. The molecule has 0 aromatic heterocycles. The molecule has 66 valence electrons. The van der Waals surface area contributed by atoms with E-state index in [9.17, 15) is 0 Å². The van der Waals surface area contributed by atoms with Gasteiger partial charge in [0.2, 0.25) is 0 Å². The maximum Gasteiger partial charge on any atom is 0.0619 e. The lowest BCUT2D eigenvalue weighted by molar-refractivity contribution is -0.0665. The average molecular weight is 158 g/mol. The normalized spacial score (nSPS) is 23.2. The fourth-order valence-corrected chi connectivity index (χ4v) is 1.08. The minimum Gasteiger partial charge on any atom is -0.381 e. The van der Waals surface area contributed by atoms with Gasteiger partial charge in [0.05, 0.1) is 6.10 Å². The average Bonchev–Trinajstić information content (AvgIpc) is 1.93. The molecule has 0 aromatic rings. The molecule has 0 radical (unpaired) electrons. The van der Waals surface area contributed by atoms with Gasteiger partial charge in [-0.2, -0.15) is 0 Å². The number of hydrogen-bond donors (Lipinski definition) is 0. The quantitative estimate of drug-likeness (QED) is 0.550. The third-order valence-electron chi connectivity index (χ3n) is 2.02. The van der Waals surface area contributed by atoms with Crippen LogP contribution in [0.3, 0.4) is 0 Å². The Morgan fingerprint density at radius 1 is 1.45 bits per heavy atom. The number of rotatable bonds is 6. The summed E-state index contributed by atoms with van der Waals surface area (Å²) in [5.41, 5.74) is 0. The van der Waals surface area contributed by atoms with Gasteiger partial charge < -0.3 is 9.47 Å². The zero-order valence-electron chi connectivity index (χ0n) is 7.34. The summed E-state index contributed by atoms with van der Waals surface area (Å²) >= 11 is 0. The van der Waals surface area contributed by atoms with Crippen molar-refractivity contribution in [1.82, 2.24) is 0 Å². The minimum absolute atomic E-state index is 0.511. The van der Waals surface area contributed by atoms with Crippen LogP contribution in [0.5, 0.6) is 0 Å². The van der Waals surface area contributed by atoms with Crippen molar-refractivity contribution in [2.45, 2.75) is 38.7 Å². The Bertz CT molecular complexity index is 89.6. The Labute approximate surface area is 68.9 Å². The first-order valence-corrected chi connectivity index (χ1v) is 4.63. The molecule has 1 rings (SSSR count). The summed E-state index contributed by atoms with van der Waals surface area (Å²) in [6, 6.07) is 0. The van der Waals surface area contributed by atoms with Crippen molar-refractivity contribution < 1.29 is 9.47 Å². The molecule has 2 heteroatoms. The maximum atomic E-state index is 5.40. The molecule has 1 aliphatic rings. The van der Waals surface area contributed by atoms with Crippen molar-refractivity contribution in [3.63, 3.8) is 0 Å². The standard InChI is InChI=1S/C9H18O2/c1-2-3-6-10-7-4-9-5-8-11-9/h9H,2-8H2,1H3/t9-/m0/s1. The van der Waals surface area contributed by atoms with Crippen molar-refractivity contribution in [2.24, 2.45) is 0 Å². The molecule has 11 heavy (non-hydrogen) atoms. The highest BCUT2D eigenvalue weighted by Gasteiger charge is 2.16. The predicted octanol–water partition coefficient (Wildman–Crippen LogP) is 1.98. The second kappa shape index (κ2) is 5.56. The lowest BCUT2D eigenvalue weighted by Crippen LogP contribution is -2.27. The van der Waals surface area contributed by atoms with Crippen molar-refractivity contribution in [1.29, 1.82) is 0 Å². The van der Waals surface area contributed by atoms with E-state index in [1.807, 2.05) is 0 Å². The van der Waals surface area contributed by atoms with Gasteiger partial charge in [-0.25, -0.2) is 0 Å². The lowest BCUT2D eigenvalue weighted by atomic mass is 10.1. The molecular weight excluding hydrogens is 140 g/mol. The van der Waals surface area contributed by atoms with Crippen LogP contribution in [-0.4, -0.2) is 25.9 Å². The van der Waals surface area contributed by atoms with Crippen LogP contribution in [0, 0.1) is 0 Å². The maximum absolute atomic E-state index is 5.40. The molecule has 1 atom stereocenters. The fourth-order valence-electron chi connectivity index (χ4n) is 1.08. The van der Waals surface area contributed by atoms with E-state index in [1.54, 1.807) is 0 Å². The first-order valence-electron chi connectivity index (χ1n) is 4.63. The van der Waals surface area contributed by atoms with Crippen molar-refractivity contribution in [2.75, 3.05) is 19.8 Å². The molecule has 1 fully saturated rings. The van der Waals surface area contributed by atoms with E-state index >= 15 is 0 Å². The van der Waals surface area contributed by atoms with Gasteiger partial charge >= 0.3 is 0 Å². The Morgan fingerprint density at radius 2 is 2.27 bits per heavy atom. The van der Waals surface area contributed by atoms with Crippen molar-refractivity contribution >= 4 is 0 Å². The van der Waals surface area contributed by atoms with Gasteiger partial charge in [0.15, 0.2) is 0 Å². The molecule has 0 aliphatic carbocycles. The molecule has 0 N–H and O–H groups in total. The van der Waals surface area contributed by atoms with Crippen LogP contribution in [0.4, 0.5) is 0 Å². The molecular formula is C9H18O2. The van der Waals surface area contributed by atoms with E-state index in [1.165, 1.54) is 19.3 Å². The predicted molar refractivity (Wildman–Crippen MR) is 44.7 cm³/mol. The van der Waals surface area contributed by atoms with Gasteiger partial charge in [-0.05, 0) is 19.3 Å². The van der Waals surface area contributed by atoms with E-state index in [4.69, 9.17) is 9.47 Å². The SMILES string of the molecule is CCCCOCC[C@H]1CCO1. The molecule has 0 amide bonds. The van der Waals surface area contributed by atoms with Gasteiger partial charge in [0, 0.05) is 19.8 Å². The summed E-state index contributed by atoms with van der Waals surface area (Å²) in [5, 5.41) is 0. The van der Waals surface area contributed by atoms with Crippen LogP contribution < -0.4 is 0 Å².